The van der Waals surface area contributed by atoms with Crippen LogP contribution in [-0.2, 0) is 0 Å². The van der Waals surface area contributed by atoms with E-state index in [-0.39, 0.29) is 11.7 Å². The summed E-state index contributed by atoms with van der Waals surface area (Å²) in [6, 6.07) is 23.6. The molecule has 6 rings (SSSR count). The van der Waals surface area contributed by atoms with Crippen LogP contribution in [0.5, 0.6) is 0 Å². The summed E-state index contributed by atoms with van der Waals surface area (Å²) in [4.78, 5) is 27.1. The highest BCUT2D eigenvalue weighted by molar-refractivity contribution is 5.95. The molecule has 0 bridgehead atoms. The van der Waals surface area contributed by atoms with E-state index in [0.29, 0.717) is 43.4 Å². The molecule has 1 fully saturated rings. The van der Waals surface area contributed by atoms with Gasteiger partial charge in [0.1, 0.15) is 5.82 Å². The zero-order valence-corrected chi connectivity index (χ0v) is 21.8. The Morgan fingerprint density at radius 2 is 1.56 bits per heavy atom. The molecule has 196 valence electrons. The van der Waals surface area contributed by atoms with Gasteiger partial charge in [-0.1, -0.05) is 18.2 Å². The molecule has 1 aliphatic rings. The first-order valence-electron chi connectivity index (χ1n) is 12.9. The Balaban J connectivity index is 1.23. The molecule has 0 aliphatic carbocycles. The van der Waals surface area contributed by atoms with Crippen LogP contribution in [0.4, 0.5) is 21.6 Å². The number of benzene rings is 3. The molecule has 0 radical (unpaired) electrons. The normalized spacial score (nSPS) is 13.6. The molecular formula is C30H28FN7O. The molecular weight excluding hydrogens is 493 g/mol. The third-order valence-corrected chi connectivity index (χ3v) is 6.89. The van der Waals surface area contributed by atoms with Gasteiger partial charge in [0, 0.05) is 48.8 Å². The molecule has 39 heavy (non-hydrogen) atoms. The van der Waals surface area contributed by atoms with Gasteiger partial charge in [-0.05, 0) is 74.5 Å². The predicted octanol–water partition coefficient (Wildman–Crippen LogP) is 5.28. The van der Waals surface area contributed by atoms with E-state index >= 15 is 0 Å². The van der Waals surface area contributed by atoms with Crippen LogP contribution in [-0.4, -0.2) is 56.7 Å². The lowest BCUT2D eigenvalue weighted by atomic mass is 10.1. The molecule has 0 saturated carbocycles. The Morgan fingerprint density at radius 1 is 0.846 bits per heavy atom. The summed E-state index contributed by atoms with van der Waals surface area (Å²) in [5, 5.41) is 8.01. The summed E-state index contributed by atoms with van der Waals surface area (Å²) in [7, 11) is 0. The van der Waals surface area contributed by atoms with E-state index < -0.39 is 0 Å². The molecule has 0 unspecified atom stereocenters. The van der Waals surface area contributed by atoms with Crippen molar-refractivity contribution in [1.29, 1.82) is 0 Å². The summed E-state index contributed by atoms with van der Waals surface area (Å²) in [5.74, 6) is 0.865. The Bertz CT molecular complexity index is 1660. The number of aryl methyl sites for hydroxylation is 2. The van der Waals surface area contributed by atoms with Crippen molar-refractivity contribution < 1.29 is 9.18 Å². The molecule has 2 aromatic heterocycles. The van der Waals surface area contributed by atoms with Gasteiger partial charge in [0.15, 0.2) is 11.6 Å². The minimum absolute atomic E-state index is 0.0271. The average molecular weight is 522 g/mol. The average Bonchev–Trinajstić information content (AvgIpc) is 3.30. The van der Waals surface area contributed by atoms with E-state index in [9.17, 15) is 9.18 Å². The number of nitrogens with zero attached hydrogens (tertiary/aromatic N) is 6. The third-order valence-electron chi connectivity index (χ3n) is 6.89. The molecule has 0 atom stereocenters. The Kier molecular flexibility index (Phi) is 6.40. The number of anilines is 3. The molecule has 9 heteroatoms. The lowest BCUT2D eigenvalue weighted by Crippen LogP contribution is -2.48. The van der Waals surface area contributed by atoms with Gasteiger partial charge in [-0.3, -0.25) is 4.79 Å². The van der Waals surface area contributed by atoms with Crippen molar-refractivity contribution in [2.45, 2.75) is 13.8 Å². The van der Waals surface area contributed by atoms with E-state index in [4.69, 9.17) is 9.97 Å². The molecule has 1 aliphatic heterocycles. The third kappa shape index (κ3) is 5.03. The van der Waals surface area contributed by atoms with Crippen molar-refractivity contribution in [3.8, 4) is 5.82 Å². The number of piperazine rings is 1. The van der Waals surface area contributed by atoms with E-state index in [2.05, 4.69) is 15.3 Å². The van der Waals surface area contributed by atoms with Gasteiger partial charge in [0.05, 0.1) is 16.7 Å². The number of hydrogen-bond donors (Lipinski definition) is 1. The van der Waals surface area contributed by atoms with Gasteiger partial charge < -0.3 is 15.1 Å². The first-order valence-corrected chi connectivity index (χ1v) is 12.9. The maximum Gasteiger partial charge on any atom is 0.254 e. The van der Waals surface area contributed by atoms with Crippen LogP contribution in [0.15, 0.2) is 78.9 Å². The van der Waals surface area contributed by atoms with Crippen molar-refractivity contribution in [1.82, 2.24) is 24.6 Å². The van der Waals surface area contributed by atoms with Gasteiger partial charge in [-0.2, -0.15) is 5.10 Å². The van der Waals surface area contributed by atoms with Gasteiger partial charge in [0.25, 0.3) is 5.91 Å². The van der Waals surface area contributed by atoms with Gasteiger partial charge in [-0.25, -0.2) is 19.0 Å². The maximum atomic E-state index is 13.4. The molecule has 3 heterocycles. The highest BCUT2D eigenvalue weighted by Crippen LogP contribution is 2.26. The minimum atomic E-state index is -0.252. The van der Waals surface area contributed by atoms with Crippen molar-refractivity contribution >= 4 is 34.1 Å². The number of halogens is 1. The Morgan fingerprint density at radius 3 is 2.26 bits per heavy atom. The zero-order valence-electron chi connectivity index (χ0n) is 21.8. The summed E-state index contributed by atoms with van der Waals surface area (Å²) < 4.78 is 15.1. The highest BCUT2D eigenvalue weighted by atomic mass is 19.1. The number of aromatic nitrogens is 4. The van der Waals surface area contributed by atoms with Crippen molar-refractivity contribution in [2.24, 2.45) is 0 Å². The fraction of sp³-hybridized carbons (Fsp3) is 0.200. The molecule has 3 aromatic carbocycles. The fourth-order valence-corrected chi connectivity index (χ4v) is 4.93. The smallest absolute Gasteiger partial charge is 0.254 e. The molecule has 0 spiro atoms. The van der Waals surface area contributed by atoms with Crippen molar-refractivity contribution in [3.05, 3.63) is 102 Å². The van der Waals surface area contributed by atoms with Crippen LogP contribution in [0.3, 0.4) is 0 Å². The summed E-state index contributed by atoms with van der Waals surface area (Å²) >= 11 is 0. The number of nitrogens with one attached hydrogen (secondary N) is 1. The quantitative estimate of drug-likeness (QED) is 0.339. The van der Waals surface area contributed by atoms with Crippen LogP contribution < -0.4 is 10.2 Å². The lowest BCUT2D eigenvalue weighted by molar-refractivity contribution is 0.0747. The number of carbonyl (C=O) groups is 1. The summed E-state index contributed by atoms with van der Waals surface area (Å²) in [5.41, 5.74) is 5.66. The van der Waals surface area contributed by atoms with Gasteiger partial charge in [0.2, 0.25) is 0 Å². The standard InChI is InChI=1S/C30H28FN7O/c1-20-18-21(2)38(35-20)29-28(33-26-8-3-4-9-27(26)34-29)32-24-7-5-6-22(19-24)30(39)37-16-14-36(15-17-37)25-12-10-23(31)11-13-25/h3-13,18-19H,14-17H2,1-2H3,(H,32,33). The first-order chi connectivity index (χ1) is 18.9. The van der Waals surface area contributed by atoms with E-state index in [1.807, 2.05) is 73.3 Å². The van der Waals surface area contributed by atoms with Gasteiger partial charge in [-0.15, -0.1) is 0 Å². The van der Waals surface area contributed by atoms with E-state index in [1.165, 1.54) is 12.1 Å². The number of para-hydroxylation sites is 2. The number of hydrogen-bond acceptors (Lipinski definition) is 6. The summed E-state index contributed by atoms with van der Waals surface area (Å²) in [6.07, 6.45) is 0. The largest absolute Gasteiger partial charge is 0.368 e. The van der Waals surface area contributed by atoms with Crippen molar-refractivity contribution in [2.75, 3.05) is 36.4 Å². The number of amides is 1. The van der Waals surface area contributed by atoms with Crippen LogP contribution in [0, 0.1) is 19.7 Å². The molecule has 5 aromatic rings. The monoisotopic (exact) mass is 521 g/mol. The number of carbonyl (C=O) groups excluding carboxylic acids is 1. The predicted molar refractivity (Wildman–Crippen MR) is 150 cm³/mol. The number of fused-ring (bicyclic) bond motifs is 1. The number of rotatable bonds is 5. The second-order valence-electron chi connectivity index (χ2n) is 9.68. The summed E-state index contributed by atoms with van der Waals surface area (Å²) in [6.45, 7) is 6.48. The SMILES string of the molecule is Cc1cc(C)n(-c2nc3ccccc3nc2Nc2cccc(C(=O)N3CCN(c4ccc(F)cc4)CC3)c2)n1. The Hall–Kier alpha value is -4.79. The zero-order chi connectivity index (χ0) is 26.9. The van der Waals surface area contributed by atoms with Crippen molar-refractivity contribution in [3.63, 3.8) is 0 Å². The Labute approximate surface area is 225 Å². The van der Waals surface area contributed by atoms with Crippen LogP contribution in [0.25, 0.3) is 16.9 Å². The lowest BCUT2D eigenvalue weighted by Gasteiger charge is -2.36. The molecule has 1 amide bonds. The van der Waals surface area contributed by atoms with Crippen LogP contribution in [0.2, 0.25) is 0 Å². The van der Waals surface area contributed by atoms with E-state index in [0.717, 1.165) is 33.8 Å². The highest BCUT2D eigenvalue weighted by Gasteiger charge is 2.23. The minimum Gasteiger partial charge on any atom is -0.368 e. The molecule has 8 nitrogen and oxygen atoms in total. The fourth-order valence-electron chi connectivity index (χ4n) is 4.93. The van der Waals surface area contributed by atoms with Crippen LogP contribution in [0.1, 0.15) is 21.7 Å². The maximum absolute atomic E-state index is 13.4. The molecule has 1 N–H and O–H groups in total. The van der Waals surface area contributed by atoms with E-state index in [1.54, 1.807) is 16.8 Å². The first kappa shape index (κ1) is 24.5. The van der Waals surface area contributed by atoms with Gasteiger partial charge >= 0.3 is 0 Å². The molecule has 1 saturated heterocycles. The second-order valence-corrected chi connectivity index (χ2v) is 9.68. The second kappa shape index (κ2) is 10.2. The topological polar surface area (TPSA) is 79.2 Å². The van der Waals surface area contributed by atoms with Crippen LogP contribution >= 0.6 is 0 Å².